The number of methoxy groups -OCH3 is 1. The highest BCUT2D eigenvalue weighted by Gasteiger charge is 2.16. The molecule has 10 heavy (non-hydrogen) atoms. The summed E-state index contributed by atoms with van der Waals surface area (Å²) in [6, 6.07) is -1.75. The molecule has 0 heterocycles. The number of halogens is 1. The maximum absolute atomic E-state index is 11.3. The van der Waals surface area contributed by atoms with Gasteiger partial charge in [0.15, 0.2) is 0 Å². The lowest BCUT2D eigenvalue weighted by atomic mass is 11.4. The second-order valence-electron chi connectivity index (χ2n) is 1.20. The maximum Gasteiger partial charge on any atom is 0.524 e. The van der Waals surface area contributed by atoms with Crippen molar-refractivity contribution in [2.24, 2.45) is 0 Å². The lowest BCUT2D eigenvalue weighted by Gasteiger charge is -1.97. The fraction of sp³-hybridized carbons (Fsp3) is 0.667. The Morgan fingerprint density at radius 3 is 2.40 bits per heavy atom. The molecule has 0 fully saturated rings. The summed E-state index contributed by atoms with van der Waals surface area (Å²) in [6.45, 7) is 0. The average Bonchev–Trinajstić information content (AvgIpc) is 1.87. The van der Waals surface area contributed by atoms with Gasteiger partial charge in [-0.15, -0.1) is 0 Å². The number of hydrogen-bond donors (Lipinski definition) is 0. The molecule has 0 aromatic carbocycles. The van der Waals surface area contributed by atoms with Crippen LogP contribution in [0.4, 0.5) is 9.18 Å². The number of alkyl halides is 1. The molecule has 0 amide bonds. The summed E-state index contributed by atoms with van der Waals surface area (Å²) >= 11 is 0. The van der Waals surface area contributed by atoms with Gasteiger partial charge in [0.2, 0.25) is 6.01 Å². The first-order chi connectivity index (χ1) is 4.52. The summed E-state index contributed by atoms with van der Waals surface area (Å²) in [5.74, 6) is 0. The van der Waals surface area contributed by atoms with Gasteiger partial charge in [-0.1, -0.05) is 0 Å². The standard InChI is InChI=1S/C3H5FO5S/c1-8-3(5)9-10(6,7)2-4/h2H2,1H3. The fourth-order valence-corrected chi connectivity index (χ4v) is 0.480. The van der Waals surface area contributed by atoms with E-state index in [1.165, 1.54) is 0 Å². The predicted octanol–water partition coefficient (Wildman–Crippen LogP) is 0.0262. The topological polar surface area (TPSA) is 69.7 Å². The molecule has 0 aliphatic rings. The first-order valence-corrected chi connectivity index (χ1v) is 3.65. The minimum absolute atomic E-state index is 0.913. The Morgan fingerprint density at radius 2 is 2.10 bits per heavy atom. The number of rotatable bonds is 2. The highest BCUT2D eigenvalue weighted by molar-refractivity contribution is 7.86. The molecular weight excluding hydrogens is 167 g/mol. The number of hydrogen-bond acceptors (Lipinski definition) is 5. The van der Waals surface area contributed by atoms with Crippen LogP contribution in [-0.2, 0) is 19.0 Å². The molecule has 0 saturated carbocycles. The minimum Gasteiger partial charge on any atom is -0.437 e. The molecule has 0 aromatic heterocycles. The Balaban J connectivity index is 4.03. The zero-order valence-electron chi connectivity index (χ0n) is 5.03. The third-order valence-corrected chi connectivity index (χ3v) is 1.15. The third kappa shape index (κ3) is 3.23. The van der Waals surface area contributed by atoms with Crippen molar-refractivity contribution in [3.05, 3.63) is 0 Å². The van der Waals surface area contributed by atoms with Crippen molar-refractivity contribution in [3.8, 4) is 0 Å². The van der Waals surface area contributed by atoms with Gasteiger partial charge in [0, 0.05) is 0 Å². The van der Waals surface area contributed by atoms with Crippen LogP contribution < -0.4 is 0 Å². The Labute approximate surface area is 56.9 Å². The second-order valence-corrected chi connectivity index (χ2v) is 2.70. The lowest BCUT2D eigenvalue weighted by Crippen LogP contribution is -2.13. The minimum atomic E-state index is -4.37. The van der Waals surface area contributed by atoms with E-state index in [4.69, 9.17) is 0 Å². The zero-order chi connectivity index (χ0) is 8.20. The molecule has 0 bridgehead atoms. The third-order valence-electron chi connectivity index (χ3n) is 0.495. The van der Waals surface area contributed by atoms with Gasteiger partial charge in [0.05, 0.1) is 7.11 Å². The van der Waals surface area contributed by atoms with Crippen molar-refractivity contribution in [2.45, 2.75) is 0 Å². The number of carbonyl (C=O) groups is 1. The maximum atomic E-state index is 11.3. The van der Waals surface area contributed by atoms with E-state index >= 15 is 0 Å². The van der Waals surface area contributed by atoms with Gasteiger partial charge < -0.3 is 8.92 Å². The van der Waals surface area contributed by atoms with E-state index in [0.29, 0.717) is 0 Å². The van der Waals surface area contributed by atoms with E-state index in [1.807, 2.05) is 0 Å². The first kappa shape index (κ1) is 9.15. The van der Waals surface area contributed by atoms with Gasteiger partial charge in [-0.2, -0.15) is 8.42 Å². The predicted molar refractivity (Wildman–Crippen MR) is 28.4 cm³/mol. The zero-order valence-corrected chi connectivity index (χ0v) is 5.85. The Hall–Kier alpha value is -0.850. The Kier molecular flexibility index (Phi) is 3.07. The van der Waals surface area contributed by atoms with E-state index < -0.39 is 22.3 Å². The molecular formula is C3H5FO5S. The molecule has 5 nitrogen and oxygen atoms in total. The molecule has 0 atom stereocenters. The van der Waals surface area contributed by atoms with Crippen LogP contribution in [0.5, 0.6) is 0 Å². The Morgan fingerprint density at radius 1 is 1.60 bits per heavy atom. The lowest BCUT2D eigenvalue weighted by molar-refractivity contribution is 0.123. The first-order valence-electron chi connectivity index (χ1n) is 2.08. The van der Waals surface area contributed by atoms with Gasteiger partial charge >= 0.3 is 16.3 Å². The molecule has 7 heteroatoms. The largest absolute Gasteiger partial charge is 0.524 e. The molecule has 60 valence electrons. The van der Waals surface area contributed by atoms with Crippen molar-refractivity contribution in [3.63, 3.8) is 0 Å². The molecule has 0 unspecified atom stereocenters. The molecule has 0 aliphatic carbocycles. The van der Waals surface area contributed by atoms with Crippen LogP contribution in [0.1, 0.15) is 0 Å². The van der Waals surface area contributed by atoms with Crippen LogP contribution in [0.25, 0.3) is 0 Å². The van der Waals surface area contributed by atoms with Crippen molar-refractivity contribution < 1.29 is 26.5 Å². The Bertz CT molecular complexity index is 207. The quantitative estimate of drug-likeness (QED) is 0.434. The van der Waals surface area contributed by atoms with Gasteiger partial charge in [0.1, 0.15) is 0 Å². The van der Waals surface area contributed by atoms with E-state index in [2.05, 4.69) is 8.92 Å². The number of carbonyl (C=O) groups excluding carboxylic acids is 1. The fourth-order valence-electron chi connectivity index (χ4n) is 0.160. The second kappa shape index (κ2) is 3.35. The summed E-state index contributed by atoms with van der Waals surface area (Å²) in [5, 5.41) is 0. The molecule has 0 aliphatic heterocycles. The average molecular weight is 172 g/mol. The van der Waals surface area contributed by atoms with Crippen LogP contribution in [0.15, 0.2) is 0 Å². The van der Waals surface area contributed by atoms with E-state index in [0.717, 1.165) is 7.11 Å². The molecule has 0 radical (unpaired) electrons. The van der Waals surface area contributed by atoms with Crippen LogP contribution in [0.3, 0.4) is 0 Å². The van der Waals surface area contributed by atoms with Crippen LogP contribution in [0.2, 0.25) is 0 Å². The highest BCUT2D eigenvalue weighted by atomic mass is 32.2. The SMILES string of the molecule is COC(=O)OS(=O)(=O)CF. The van der Waals surface area contributed by atoms with Crippen molar-refractivity contribution in [2.75, 3.05) is 13.1 Å². The molecule has 0 saturated heterocycles. The normalized spacial score (nSPS) is 10.6. The van der Waals surface area contributed by atoms with Gasteiger partial charge in [-0.25, -0.2) is 9.18 Å². The van der Waals surface area contributed by atoms with Crippen molar-refractivity contribution >= 4 is 16.3 Å². The summed E-state index contributed by atoms with van der Waals surface area (Å²) in [7, 11) is -3.46. The summed E-state index contributed by atoms with van der Waals surface area (Å²) in [4.78, 5) is 10.00. The van der Waals surface area contributed by atoms with Crippen molar-refractivity contribution in [1.29, 1.82) is 0 Å². The molecule has 0 aromatic rings. The van der Waals surface area contributed by atoms with Crippen LogP contribution in [0, 0.1) is 0 Å². The molecule has 0 rings (SSSR count). The smallest absolute Gasteiger partial charge is 0.437 e. The van der Waals surface area contributed by atoms with Gasteiger partial charge in [-0.3, -0.25) is 0 Å². The van der Waals surface area contributed by atoms with Crippen LogP contribution >= 0.6 is 0 Å². The monoisotopic (exact) mass is 172 g/mol. The van der Waals surface area contributed by atoms with Crippen molar-refractivity contribution in [1.82, 2.24) is 0 Å². The van der Waals surface area contributed by atoms with Crippen LogP contribution in [-0.4, -0.2) is 27.7 Å². The molecule has 0 spiro atoms. The number of ether oxygens (including phenoxy) is 1. The highest BCUT2D eigenvalue weighted by Crippen LogP contribution is 1.95. The van der Waals surface area contributed by atoms with E-state index in [9.17, 15) is 17.6 Å². The summed E-state index contributed by atoms with van der Waals surface area (Å²) < 4.78 is 38.7. The van der Waals surface area contributed by atoms with Gasteiger partial charge in [0.25, 0.3) is 0 Å². The van der Waals surface area contributed by atoms with Gasteiger partial charge in [-0.05, 0) is 0 Å². The summed E-state index contributed by atoms with van der Waals surface area (Å²) in [6.07, 6.45) is -1.45. The van der Waals surface area contributed by atoms with E-state index in [1.54, 1.807) is 0 Å². The molecule has 0 N–H and O–H groups in total. The summed E-state index contributed by atoms with van der Waals surface area (Å²) in [5.41, 5.74) is 0. The van der Waals surface area contributed by atoms with E-state index in [-0.39, 0.29) is 0 Å².